The predicted octanol–water partition coefficient (Wildman–Crippen LogP) is 1.50. The lowest BCUT2D eigenvalue weighted by molar-refractivity contribution is -0.142. The highest BCUT2D eigenvalue weighted by Crippen LogP contribution is 2.24. The van der Waals surface area contributed by atoms with Gasteiger partial charge in [0.1, 0.15) is 0 Å². The van der Waals surface area contributed by atoms with Gasteiger partial charge in [-0.1, -0.05) is 0 Å². The zero-order chi connectivity index (χ0) is 17.6. The zero-order valence-electron chi connectivity index (χ0n) is 14.6. The van der Waals surface area contributed by atoms with Gasteiger partial charge in [0.15, 0.2) is 0 Å². The van der Waals surface area contributed by atoms with Crippen molar-refractivity contribution in [3.05, 3.63) is 18.2 Å². The molecule has 1 aromatic rings. The first kappa shape index (κ1) is 17.9. The van der Waals surface area contributed by atoms with E-state index in [0.29, 0.717) is 31.7 Å². The molecule has 2 aliphatic rings. The number of nitrogens with zero attached hydrogens (tertiary/aromatic N) is 2. The molecule has 0 unspecified atom stereocenters. The number of carbonyl (C=O) groups excluding carboxylic acids is 1. The van der Waals surface area contributed by atoms with Crippen molar-refractivity contribution >= 4 is 11.9 Å². The Morgan fingerprint density at radius 1 is 1.20 bits per heavy atom. The monoisotopic (exact) mass is 348 g/mol. The van der Waals surface area contributed by atoms with Gasteiger partial charge in [0.05, 0.1) is 17.9 Å². The lowest BCUT2D eigenvalue weighted by Gasteiger charge is -2.26. The molecule has 1 amide bonds. The van der Waals surface area contributed by atoms with Crippen LogP contribution in [0.2, 0.25) is 0 Å². The number of carboxylic acid groups (broad SMARTS) is 1. The fraction of sp³-hybridized carbons (Fsp3) is 0.722. The number of hydrogen-bond acceptors (Lipinski definition) is 4. The highest BCUT2D eigenvalue weighted by atomic mass is 16.4. The molecule has 1 saturated heterocycles. The fourth-order valence-electron chi connectivity index (χ4n) is 3.84. The predicted molar refractivity (Wildman–Crippen MR) is 93.2 cm³/mol. The highest BCUT2D eigenvalue weighted by molar-refractivity contribution is 5.76. The van der Waals surface area contributed by atoms with Crippen molar-refractivity contribution in [3.63, 3.8) is 0 Å². The van der Waals surface area contributed by atoms with Crippen LogP contribution in [0.15, 0.2) is 12.5 Å². The second kappa shape index (κ2) is 8.47. The molecular weight excluding hydrogens is 320 g/mol. The number of carboxylic acids is 1. The van der Waals surface area contributed by atoms with Crippen molar-refractivity contribution < 1.29 is 14.7 Å². The molecule has 0 aromatic carbocycles. The number of imidazole rings is 1. The molecule has 1 aliphatic heterocycles. The first-order chi connectivity index (χ1) is 12.1. The molecule has 1 aromatic heterocycles. The Morgan fingerprint density at radius 2 is 1.92 bits per heavy atom. The van der Waals surface area contributed by atoms with Crippen molar-refractivity contribution in [2.45, 2.75) is 63.5 Å². The standard InChI is InChI=1S/C18H28N4O3/c23-17(21-14-3-1-13(2-4-14)18(24)25)6-5-15-11-22(12-20-15)16-7-9-19-10-8-16/h11-14,16,19H,1-10H2,(H,21,23)(H,24,25). The van der Waals surface area contributed by atoms with Crippen LogP contribution in [0.25, 0.3) is 0 Å². The van der Waals surface area contributed by atoms with Gasteiger partial charge in [0.2, 0.25) is 5.91 Å². The number of aliphatic carboxylic acids is 1. The zero-order valence-corrected chi connectivity index (χ0v) is 14.6. The third-order valence-electron chi connectivity index (χ3n) is 5.44. The summed E-state index contributed by atoms with van der Waals surface area (Å²) in [4.78, 5) is 27.5. The Morgan fingerprint density at radius 3 is 2.60 bits per heavy atom. The molecule has 1 aliphatic carbocycles. The van der Waals surface area contributed by atoms with Crippen LogP contribution in [-0.4, -0.2) is 45.7 Å². The molecule has 3 N–H and O–H groups in total. The molecule has 25 heavy (non-hydrogen) atoms. The molecule has 0 spiro atoms. The Kier molecular flexibility index (Phi) is 6.07. The van der Waals surface area contributed by atoms with Crippen LogP contribution in [-0.2, 0) is 16.0 Å². The van der Waals surface area contributed by atoms with Gasteiger partial charge >= 0.3 is 5.97 Å². The minimum Gasteiger partial charge on any atom is -0.481 e. The molecule has 7 heteroatoms. The molecule has 1 saturated carbocycles. The summed E-state index contributed by atoms with van der Waals surface area (Å²) in [6.07, 6.45) is 10.1. The van der Waals surface area contributed by atoms with E-state index < -0.39 is 5.97 Å². The van der Waals surface area contributed by atoms with Crippen LogP contribution in [0.5, 0.6) is 0 Å². The van der Waals surface area contributed by atoms with Gasteiger partial charge in [-0.05, 0) is 58.0 Å². The van der Waals surface area contributed by atoms with Crippen LogP contribution >= 0.6 is 0 Å². The molecule has 138 valence electrons. The second-order valence-electron chi connectivity index (χ2n) is 7.25. The molecule has 7 nitrogen and oxygen atoms in total. The fourth-order valence-corrected chi connectivity index (χ4v) is 3.84. The smallest absolute Gasteiger partial charge is 0.306 e. The average molecular weight is 348 g/mol. The normalized spacial score (nSPS) is 24.8. The first-order valence-corrected chi connectivity index (χ1v) is 9.37. The number of aromatic nitrogens is 2. The third kappa shape index (κ3) is 5.04. The summed E-state index contributed by atoms with van der Waals surface area (Å²) < 4.78 is 2.18. The van der Waals surface area contributed by atoms with E-state index in [0.717, 1.165) is 44.5 Å². The third-order valence-corrected chi connectivity index (χ3v) is 5.44. The Balaban J connectivity index is 1.39. The highest BCUT2D eigenvalue weighted by Gasteiger charge is 2.26. The van der Waals surface area contributed by atoms with Gasteiger partial charge < -0.3 is 20.3 Å². The maximum absolute atomic E-state index is 12.1. The van der Waals surface area contributed by atoms with E-state index in [9.17, 15) is 9.59 Å². The summed E-state index contributed by atoms with van der Waals surface area (Å²) in [6, 6.07) is 0.635. The summed E-state index contributed by atoms with van der Waals surface area (Å²) in [6.45, 7) is 2.09. The number of aryl methyl sites for hydroxylation is 1. The number of rotatable bonds is 6. The van der Waals surface area contributed by atoms with Gasteiger partial charge in [0.25, 0.3) is 0 Å². The number of amides is 1. The van der Waals surface area contributed by atoms with E-state index in [-0.39, 0.29) is 17.9 Å². The van der Waals surface area contributed by atoms with Crippen LogP contribution in [0.4, 0.5) is 0 Å². The molecule has 0 bridgehead atoms. The number of nitrogens with one attached hydrogen (secondary N) is 2. The minimum atomic E-state index is -0.714. The van der Waals surface area contributed by atoms with E-state index in [4.69, 9.17) is 5.11 Å². The Hall–Kier alpha value is -1.89. The van der Waals surface area contributed by atoms with E-state index >= 15 is 0 Å². The first-order valence-electron chi connectivity index (χ1n) is 9.37. The van der Waals surface area contributed by atoms with Crippen LogP contribution < -0.4 is 10.6 Å². The van der Waals surface area contributed by atoms with Crippen LogP contribution in [0.1, 0.15) is 56.7 Å². The van der Waals surface area contributed by atoms with Crippen molar-refractivity contribution in [2.75, 3.05) is 13.1 Å². The molecule has 2 fully saturated rings. The summed E-state index contributed by atoms with van der Waals surface area (Å²) in [5.74, 6) is -0.920. The molecule has 3 rings (SSSR count). The maximum atomic E-state index is 12.1. The lowest BCUT2D eigenvalue weighted by atomic mass is 9.86. The maximum Gasteiger partial charge on any atom is 0.306 e. The quantitative estimate of drug-likeness (QED) is 0.724. The summed E-state index contributed by atoms with van der Waals surface area (Å²) in [5.41, 5.74) is 0.961. The lowest BCUT2D eigenvalue weighted by Crippen LogP contribution is -2.38. The SMILES string of the molecule is O=C(CCc1cn(C2CCNCC2)cn1)NC1CCC(C(=O)O)CC1. The van der Waals surface area contributed by atoms with Crippen LogP contribution in [0.3, 0.4) is 0 Å². The van der Waals surface area contributed by atoms with Gasteiger partial charge in [-0.25, -0.2) is 4.98 Å². The van der Waals surface area contributed by atoms with Crippen molar-refractivity contribution in [1.29, 1.82) is 0 Å². The molecule has 0 radical (unpaired) electrons. The average Bonchev–Trinajstić information content (AvgIpc) is 3.10. The van der Waals surface area contributed by atoms with Gasteiger partial charge in [-0.15, -0.1) is 0 Å². The summed E-state index contributed by atoms with van der Waals surface area (Å²) in [7, 11) is 0. The Bertz CT molecular complexity index is 587. The van der Waals surface area contributed by atoms with Crippen molar-refractivity contribution in [3.8, 4) is 0 Å². The van der Waals surface area contributed by atoms with Gasteiger partial charge in [-0.3, -0.25) is 9.59 Å². The van der Waals surface area contributed by atoms with Crippen molar-refractivity contribution in [1.82, 2.24) is 20.2 Å². The number of hydrogen-bond donors (Lipinski definition) is 3. The van der Waals surface area contributed by atoms with E-state index in [1.165, 1.54) is 0 Å². The van der Waals surface area contributed by atoms with E-state index in [1.54, 1.807) is 0 Å². The van der Waals surface area contributed by atoms with E-state index in [2.05, 4.69) is 26.4 Å². The minimum absolute atomic E-state index is 0.0372. The summed E-state index contributed by atoms with van der Waals surface area (Å²) in [5, 5.41) is 15.4. The van der Waals surface area contributed by atoms with Gasteiger partial charge in [-0.2, -0.15) is 0 Å². The molecular formula is C18H28N4O3. The molecule has 2 heterocycles. The van der Waals surface area contributed by atoms with Gasteiger partial charge in [0, 0.05) is 24.7 Å². The topological polar surface area (TPSA) is 96.3 Å². The second-order valence-corrected chi connectivity index (χ2v) is 7.25. The number of carbonyl (C=O) groups is 2. The number of piperidine rings is 1. The summed E-state index contributed by atoms with van der Waals surface area (Å²) >= 11 is 0. The largest absolute Gasteiger partial charge is 0.481 e. The Labute approximate surface area is 148 Å². The van der Waals surface area contributed by atoms with Crippen LogP contribution in [0, 0.1) is 5.92 Å². The van der Waals surface area contributed by atoms with Crippen molar-refractivity contribution in [2.24, 2.45) is 5.92 Å². The van der Waals surface area contributed by atoms with E-state index in [1.807, 2.05) is 6.33 Å². The molecule has 0 atom stereocenters.